The van der Waals surface area contributed by atoms with Crippen LogP contribution in [0.1, 0.15) is 60.2 Å². The molecule has 0 aromatic carbocycles. The van der Waals surface area contributed by atoms with Crippen molar-refractivity contribution in [3.05, 3.63) is 33.7 Å². The monoisotopic (exact) mass is 351 g/mol. The van der Waals surface area contributed by atoms with Gasteiger partial charge in [0.1, 0.15) is 0 Å². The molecule has 3 rings (SSSR count). The van der Waals surface area contributed by atoms with E-state index in [9.17, 15) is 0 Å². The number of hydrogen-bond acceptors (Lipinski definition) is 9. The normalized spacial score (nSPS) is 12.9. The molecule has 0 amide bonds. The minimum Gasteiger partial charge on any atom is -0.416 e. The molecule has 0 bridgehead atoms. The maximum Gasteiger partial charge on any atom is 0.277 e. The maximum absolute atomic E-state index is 5.66. The summed E-state index contributed by atoms with van der Waals surface area (Å²) >= 11 is 3.01. The fourth-order valence-corrected chi connectivity index (χ4v) is 3.19. The van der Waals surface area contributed by atoms with Crippen LogP contribution in [0.4, 0.5) is 0 Å². The van der Waals surface area contributed by atoms with Crippen LogP contribution in [-0.4, -0.2) is 25.3 Å². The van der Waals surface area contributed by atoms with Gasteiger partial charge in [-0.1, -0.05) is 30.8 Å². The van der Waals surface area contributed by atoms with Gasteiger partial charge in [0.25, 0.3) is 5.22 Å². The highest BCUT2D eigenvalue weighted by molar-refractivity contribution is 7.99. The summed E-state index contributed by atoms with van der Waals surface area (Å²) in [5.41, 5.74) is 0.944. The number of aryl methyl sites for hydroxylation is 1. The van der Waals surface area contributed by atoms with Crippen LogP contribution in [0.3, 0.4) is 0 Å². The van der Waals surface area contributed by atoms with E-state index >= 15 is 0 Å². The Bertz CT molecular complexity index is 780. The summed E-state index contributed by atoms with van der Waals surface area (Å²) in [7, 11) is 0. The second kappa shape index (κ2) is 6.79. The van der Waals surface area contributed by atoms with E-state index in [0.717, 1.165) is 10.7 Å². The van der Waals surface area contributed by atoms with Crippen molar-refractivity contribution in [3.8, 4) is 0 Å². The van der Waals surface area contributed by atoms with Crippen molar-refractivity contribution < 1.29 is 8.94 Å². The van der Waals surface area contributed by atoms with Gasteiger partial charge >= 0.3 is 0 Å². The predicted molar refractivity (Wildman–Crippen MR) is 86.6 cm³/mol. The van der Waals surface area contributed by atoms with Crippen molar-refractivity contribution >= 4 is 23.1 Å². The van der Waals surface area contributed by atoms with Crippen LogP contribution in [0.5, 0.6) is 0 Å². The third kappa shape index (κ3) is 3.97. The van der Waals surface area contributed by atoms with Crippen LogP contribution in [0.2, 0.25) is 0 Å². The molecule has 0 saturated carbocycles. The number of thioether (sulfide) groups is 1. The first-order valence-corrected chi connectivity index (χ1v) is 9.00. The Morgan fingerprint density at radius 1 is 1.22 bits per heavy atom. The average molecular weight is 351 g/mol. The van der Waals surface area contributed by atoms with Crippen LogP contribution in [0, 0.1) is 6.92 Å². The molecular weight excluding hydrogens is 334 g/mol. The molecule has 7 nitrogen and oxygen atoms in total. The lowest BCUT2D eigenvalue weighted by atomic mass is 10.2. The Kier molecular flexibility index (Phi) is 4.76. The van der Waals surface area contributed by atoms with E-state index in [4.69, 9.17) is 8.94 Å². The van der Waals surface area contributed by atoms with Crippen molar-refractivity contribution in [2.24, 2.45) is 0 Å². The van der Waals surface area contributed by atoms with Gasteiger partial charge in [-0.05, 0) is 13.8 Å². The summed E-state index contributed by atoms with van der Waals surface area (Å²) in [4.78, 5) is 8.78. The molecule has 0 aliphatic heterocycles. The zero-order valence-electron chi connectivity index (χ0n) is 13.3. The predicted octanol–water partition coefficient (Wildman–Crippen LogP) is 3.79. The number of thiazole rings is 1. The Morgan fingerprint density at radius 3 is 2.70 bits per heavy atom. The first kappa shape index (κ1) is 16.1. The summed E-state index contributed by atoms with van der Waals surface area (Å²) in [6, 6.07) is 0. The molecule has 9 heteroatoms. The van der Waals surface area contributed by atoms with Gasteiger partial charge in [-0.2, -0.15) is 4.98 Å². The van der Waals surface area contributed by atoms with Crippen molar-refractivity contribution in [3.63, 3.8) is 0 Å². The van der Waals surface area contributed by atoms with Crippen LogP contribution in [0.25, 0.3) is 0 Å². The highest BCUT2D eigenvalue weighted by Gasteiger charge is 2.20. The lowest BCUT2D eigenvalue weighted by molar-refractivity contribution is 0.371. The minimum absolute atomic E-state index is 0.0511. The molecule has 0 aliphatic rings. The second-order valence-electron chi connectivity index (χ2n) is 5.40. The molecule has 0 fully saturated rings. The van der Waals surface area contributed by atoms with E-state index < -0.39 is 0 Å². The molecule has 1 unspecified atom stereocenters. The molecule has 0 spiro atoms. The summed E-state index contributed by atoms with van der Waals surface area (Å²) in [6.07, 6.45) is 0.546. The first-order valence-electron chi connectivity index (χ1n) is 7.25. The highest BCUT2D eigenvalue weighted by Crippen LogP contribution is 2.33. The summed E-state index contributed by atoms with van der Waals surface area (Å²) < 4.78 is 10.9. The third-order valence-corrected chi connectivity index (χ3v) is 4.79. The molecule has 0 N–H and O–H groups in total. The van der Waals surface area contributed by atoms with Crippen molar-refractivity contribution in [1.82, 2.24) is 25.3 Å². The molecule has 122 valence electrons. The van der Waals surface area contributed by atoms with Crippen molar-refractivity contribution in [1.29, 1.82) is 0 Å². The average Bonchev–Trinajstić information content (AvgIpc) is 3.20. The second-order valence-corrected chi connectivity index (χ2v) is 7.76. The minimum atomic E-state index is -0.0511. The zero-order valence-corrected chi connectivity index (χ0v) is 14.9. The Labute approximate surface area is 141 Å². The molecule has 0 saturated heterocycles. The van der Waals surface area contributed by atoms with Crippen molar-refractivity contribution in [2.45, 2.75) is 50.5 Å². The van der Waals surface area contributed by atoms with Gasteiger partial charge in [-0.15, -0.1) is 21.5 Å². The molecule has 0 radical (unpaired) electrons. The number of hydrogen-bond donors (Lipinski definition) is 0. The van der Waals surface area contributed by atoms with E-state index in [1.165, 1.54) is 11.8 Å². The van der Waals surface area contributed by atoms with E-state index in [-0.39, 0.29) is 11.2 Å². The summed E-state index contributed by atoms with van der Waals surface area (Å²) in [5, 5.41) is 15.6. The summed E-state index contributed by atoms with van der Waals surface area (Å²) in [5.74, 6) is 2.06. The van der Waals surface area contributed by atoms with Gasteiger partial charge in [0.2, 0.25) is 11.8 Å². The molecule has 1 atom stereocenters. The van der Waals surface area contributed by atoms with Crippen LogP contribution in [-0.2, 0) is 6.42 Å². The lowest BCUT2D eigenvalue weighted by Gasteiger charge is -2.01. The zero-order chi connectivity index (χ0) is 16.4. The molecule has 3 heterocycles. The number of aromatic nitrogens is 5. The lowest BCUT2D eigenvalue weighted by Crippen LogP contribution is -1.92. The molecule has 3 aromatic heterocycles. The first-order chi connectivity index (χ1) is 11.0. The topological polar surface area (TPSA) is 90.7 Å². The number of nitrogens with zero attached hydrogens (tertiary/aromatic N) is 5. The molecule has 0 aliphatic carbocycles. The molecular formula is C14H17N5O2S2. The Balaban J connectivity index is 1.63. The SMILES string of the molecule is Cc1nc(Cc2nnc(SC(C)c3nc(C(C)C)no3)o2)cs1. The van der Waals surface area contributed by atoms with Gasteiger partial charge in [0.05, 0.1) is 22.4 Å². The van der Waals surface area contributed by atoms with Gasteiger partial charge in [0, 0.05) is 11.3 Å². The third-order valence-electron chi connectivity index (χ3n) is 3.05. The maximum atomic E-state index is 5.66. The van der Waals surface area contributed by atoms with Gasteiger partial charge in [-0.25, -0.2) is 4.98 Å². The quantitative estimate of drug-likeness (QED) is 0.620. The molecule has 3 aromatic rings. The van der Waals surface area contributed by atoms with Crippen LogP contribution in [0.15, 0.2) is 19.5 Å². The Hall–Kier alpha value is -1.74. The van der Waals surface area contributed by atoms with Gasteiger partial charge in [-0.3, -0.25) is 0 Å². The van der Waals surface area contributed by atoms with E-state index in [1.54, 1.807) is 11.3 Å². The standard InChI is InChI=1S/C14H17N5O2S2/c1-7(2)12-16-13(21-19-12)8(3)23-14-18-17-11(20-14)5-10-6-22-9(4)15-10/h6-8H,5H2,1-4H3. The highest BCUT2D eigenvalue weighted by atomic mass is 32.2. The van der Waals surface area contributed by atoms with Gasteiger partial charge < -0.3 is 8.94 Å². The van der Waals surface area contributed by atoms with Crippen LogP contribution >= 0.6 is 23.1 Å². The fourth-order valence-electron chi connectivity index (χ4n) is 1.85. The number of rotatable bonds is 6. The fraction of sp³-hybridized carbons (Fsp3) is 0.500. The van der Waals surface area contributed by atoms with E-state index in [2.05, 4.69) is 25.3 Å². The van der Waals surface area contributed by atoms with Gasteiger partial charge in [0.15, 0.2) is 5.82 Å². The largest absolute Gasteiger partial charge is 0.416 e. The molecule has 23 heavy (non-hydrogen) atoms. The summed E-state index contributed by atoms with van der Waals surface area (Å²) in [6.45, 7) is 7.99. The Morgan fingerprint density at radius 2 is 2.04 bits per heavy atom. The smallest absolute Gasteiger partial charge is 0.277 e. The van der Waals surface area contributed by atoms with E-state index in [1.807, 2.05) is 33.1 Å². The van der Waals surface area contributed by atoms with Crippen LogP contribution < -0.4 is 0 Å². The van der Waals surface area contributed by atoms with E-state index in [0.29, 0.717) is 29.2 Å². The van der Waals surface area contributed by atoms with Crippen molar-refractivity contribution in [2.75, 3.05) is 0 Å².